The van der Waals surface area contributed by atoms with Crippen LogP contribution in [-0.4, -0.2) is 43.3 Å². The van der Waals surface area contributed by atoms with Gasteiger partial charge in [0.2, 0.25) is 5.36 Å². The molecule has 9 heteroatoms. The molecule has 0 spiro atoms. The van der Waals surface area contributed by atoms with Crippen LogP contribution in [0.2, 0.25) is 0 Å². The van der Waals surface area contributed by atoms with E-state index in [4.69, 9.17) is 4.74 Å². The lowest BCUT2D eigenvalue weighted by Gasteiger charge is -2.18. The number of rotatable bonds is 4. The summed E-state index contributed by atoms with van der Waals surface area (Å²) in [5.74, 6) is -1.75. The first-order valence-corrected chi connectivity index (χ1v) is 8.54. The highest BCUT2D eigenvalue weighted by atomic mass is 16.5. The van der Waals surface area contributed by atoms with Crippen molar-refractivity contribution in [1.82, 2.24) is 9.89 Å². The average molecular weight is 379 g/mol. The van der Waals surface area contributed by atoms with Crippen LogP contribution in [-0.2, 0) is 14.4 Å². The molecule has 2 aromatic rings. The minimum Gasteiger partial charge on any atom is -0.482 e. The van der Waals surface area contributed by atoms with Crippen molar-refractivity contribution in [3.8, 4) is 5.75 Å². The third-order valence-corrected chi connectivity index (χ3v) is 4.32. The molecule has 9 nitrogen and oxygen atoms in total. The minimum atomic E-state index is -0.838. The van der Waals surface area contributed by atoms with Gasteiger partial charge in [0.15, 0.2) is 13.2 Å². The predicted molar refractivity (Wildman–Crippen MR) is 96.2 cm³/mol. The number of carbonyl (C=O) groups is 4. The highest BCUT2D eigenvalue weighted by Gasteiger charge is 2.31. The van der Waals surface area contributed by atoms with Crippen molar-refractivity contribution in [3.63, 3.8) is 0 Å². The van der Waals surface area contributed by atoms with Crippen LogP contribution >= 0.6 is 0 Å². The first-order valence-electron chi connectivity index (χ1n) is 8.54. The maximum atomic E-state index is 12.4. The van der Waals surface area contributed by atoms with E-state index in [1.54, 1.807) is 36.4 Å². The van der Waals surface area contributed by atoms with E-state index in [1.165, 1.54) is 10.6 Å². The second-order valence-electron chi connectivity index (χ2n) is 6.17. The molecular weight excluding hydrogens is 364 g/mol. The van der Waals surface area contributed by atoms with Gasteiger partial charge in [-0.05, 0) is 24.3 Å². The molecule has 0 radical (unpaired) electrons. The van der Waals surface area contributed by atoms with Gasteiger partial charge in [0, 0.05) is 11.6 Å². The third-order valence-electron chi connectivity index (χ3n) is 4.32. The smallest absolute Gasteiger partial charge is 0.480 e. The van der Waals surface area contributed by atoms with E-state index in [0.29, 0.717) is 27.7 Å². The van der Waals surface area contributed by atoms with E-state index in [9.17, 15) is 19.2 Å². The second kappa shape index (κ2) is 7.03. The molecule has 2 heterocycles. The van der Waals surface area contributed by atoms with E-state index >= 15 is 0 Å². The SMILES string of the molecule is O=C1COc2ccc(C(=O)NCC[N+]3=c4ccccc4=NC(=O)C3=O)cc2N1. The van der Waals surface area contributed by atoms with Gasteiger partial charge in [-0.15, -0.1) is 4.58 Å². The molecule has 4 rings (SSSR count). The Kier molecular flexibility index (Phi) is 4.40. The molecule has 0 bridgehead atoms. The number of anilines is 1. The summed E-state index contributed by atoms with van der Waals surface area (Å²) < 4.78 is 6.55. The fourth-order valence-electron chi connectivity index (χ4n) is 3.00. The molecule has 4 amide bonds. The van der Waals surface area contributed by atoms with Crippen molar-refractivity contribution in [2.45, 2.75) is 0 Å². The highest BCUT2D eigenvalue weighted by molar-refractivity contribution is 6.36. The molecule has 2 aliphatic rings. The van der Waals surface area contributed by atoms with Crippen LogP contribution in [0.25, 0.3) is 0 Å². The van der Waals surface area contributed by atoms with Crippen molar-refractivity contribution >= 4 is 29.3 Å². The Hall–Kier alpha value is -3.88. The van der Waals surface area contributed by atoms with Gasteiger partial charge in [-0.2, -0.15) is 4.99 Å². The number of benzene rings is 2. The molecule has 0 saturated heterocycles. The quantitative estimate of drug-likeness (QED) is 0.502. The van der Waals surface area contributed by atoms with Gasteiger partial charge in [-0.1, -0.05) is 12.1 Å². The number of amides is 4. The lowest BCUT2D eigenvalue weighted by molar-refractivity contribution is -0.138. The van der Waals surface area contributed by atoms with E-state index in [1.807, 2.05) is 0 Å². The summed E-state index contributed by atoms with van der Waals surface area (Å²) in [6, 6.07) is 11.5. The van der Waals surface area contributed by atoms with Crippen molar-refractivity contribution < 1.29 is 23.9 Å². The Bertz CT molecular complexity index is 1160. The van der Waals surface area contributed by atoms with Crippen LogP contribution in [0, 0.1) is 0 Å². The van der Waals surface area contributed by atoms with Gasteiger partial charge in [0.05, 0.1) is 12.2 Å². The summed E-state index contributed by atoms with van der Waals surface area (Å²) >= 11 is 0. The number of hydrogen-bond donors (Lipinski definition) is 2. The number of para-hydroxylation sites is 2. The summed E-state index contributed by atoms with van der Waals surface area (Å²) in [5.41, 5.74) is 0.761. The Balaban J connectivity index is 1.49. The number of nitrogens with zero attached hydrogens (tertiary/aromatic N) is 2. The molecule has 2 N–H and O–H groups in total. The molecule has 0 atom stereocenters. The summed E-state index contributed by atoms with van der Waals surface area (Å²) in [4.78, 5) is 51.4. The molecule has 2 aliphatic heterocycles. The van der Waals surface area contributed by atoms with Crippen LogP contribution < -0.4 is 30.7 Å². The fraction of sp³-hybridized carbons (Fsp3) is 0.158. The second-order valence-corrected chi connectivity index (χ2v) is 6.17. The molecule has 0 saturated carbocycles. The van der Waals surface area contributed by atoms with E-state index in [0.717, 1.165) is 0 Å². The summed E-state index contributed by atoms with van der Waals surface area (Å²) in [7, 11) is 0. The lowest BCUT2D eigenvalue weighted by Crippen LogP contribution is -2.52. The Morgan fingerprint density at radius 2 is 2.00 bits per heavy atom. The normalized spacial score (nSPS) is 15.0. The zero-order valence-electron chi connectivity index (χ0n) is 14.6. The van der Waals surface area contributed by atoms with Gasteiger partial charge in [0.1, 0.15) is 11.1 Å². The molecule has 28 heavy (non-hydrogen) atoms. The monoisotopic (exact) mass is 379 g/mol. The molecule has 2 aromatic carbocycles. The summed E-state index contributed by atoms with van der Waals surface area (Å²) in [6.07, 6.45) is 0. The largest absolute Gasteiger partial charge is 0.482 e. The molecule has 0 fully saturated rings. The Labute approximate surface area is 158 Å². The van der Waals surface area contributed by atoms with E-state index in [-0.39, 0.29) is 31.5 Å². The van der Waals surface area contributed by atoms with Gasteiger partial charge in [-0.25, -0.2) is 4.79 Å². The Morgan fingerprint density at radius 1 is 1.18 bits per heavy atom. The maximum Gasteiger partial charge on any atom is 0.480 e. The van der Waals surface area contributed by atoms with Crippen molar-refractivity contribution in [2.75, 3.05) is 25.0 Å². The average Bonchev–Trinajstić information content (AvgIpc) is 2.70. The number of ether oxygens (including phenoxy) is 1. The van der Waals surface area contributed by atoms with Gasteiger partial charge in [-0.3, -0.25) is 14.4 Å². The standard InChI is InChI=1S/C19H14N4O5/c24-16-10-28-15-6-5-11(9-13(15)21-16)17(25)20-7-8-23-14-4-2-1-3-12(14)22-18(26)19(23)27/h1-6,9H,7-8,10H2,(H-,20,21,24,25)/p+1. The zero-order chi connectivity index (χ0) is 19.7. The number of hydrogen-bond acceptors (Lipinski definition) is 5. The first kappa shape index (κ1) is 17.5. The van der Waals surface area contributed by atoms with Crippen molar-refractivity contribution in [1.29, 1.82) is 0 Å². The van der Waals surface area contributed by atoms with Crippen LogP contribution in [0.4, 0.5) is 5.69 Å². The predicted octanol–water partition coefficient (Wildman–Crippen LogP) is -1.37. The van der Waals surface area contributed by atoms with Crippen molar-refractivity contribution in [2.24, 2.45) is 4.99 Å². The fourth-order valence-corrected chi connectivity index (χ4v) is 3.00. The topological polar surface area (TPSA) is 117 Å². The van der Waals surface area contributed by atoms with Gasteiger partial charge < -0.3 is 15.4 Å². The lowest BCUT2D eigenvalue weighted by atomic mass is 10.1. The van der Waals surface area contributed by atoms with Crippen LogP contribution in [0.3, 0.4) is 0 Å². The van der Waals surface area contributed by atoms with Crippen molar-refractivity contribution in [3.05, 3.63) is 58.7 Å². The highest BCUT2D eigenvalue weighted by Crippen LogP contribution is 2.28. The van der Waals surface area contributed by atoms with Crippen LogP contribution in [0.1, 0.15) is 10.4 Å². The summed E-state index contributed by atoms with van der Waals surface area (Å²) in [5, 5.41) is 6.29. The minimum absolute atomic E-state index is 0.0606. The number of carbonyl (C=O) groups excluding carboxylic acids is 4. The van der Waals surface area contributed by atoms with E-state index < -0.39 is 11.8 Å². The maximum absolute atomic E-state index is 12.4. The zero-order valence-corrected chi connectivity index (χ0v) is 14.6. The number of fused-ring (bicyclic) bond motifs is 2. The van der Waals surface area contributed by atoms with E-state index in [2.05, 4.69) is 15.6 Å². The third kappa shape index (κ3) is 3.25. The molecule has 0 unspecified atom stereocenters. The molecule has 0 aromatic heterocycles. The van der Waals surface area contributed by atoms with Crippen LogP contribution in [0.5, 0.6) is 5.75 Å². The Morgan fingerprint density at radius 3 is 2.86 bits per heavy atom. The molecular formula is C19H15N4O5+. The summed E-state index contributed by atoms with van der Waals surface area (Å²) in [6.45, 7) is 0.189. The first-order chi connectivity index (χ1) is 13.5. The van der Waals surface area contributed by atoms with Crippen LogP contribution in [0.15, 0.2) is 47.5 Å². The molecule has 0 aliphatic carbocycles. The molecule has 140 valence electrons. The van der Waals surface area contributed by atoms with Gasteiger partial charge in [0.25, 0.3) is 11.8 Å². The van der Waals surface area contributed by atoms with Gasteiger partial charge >= 0.3 is 11.8 Å². The number of nitrogens with one attached hydrogen (secondary N) is 2.